The summed E-state index contributed by atoms with van der Waals surface area (Å²) < 4.78 is 8.02. The molecule has 5 aromatic rings. The molecule has 0 saturated heterocycles. The molecule has 0 saturated carbocycles. The zero-order valence-electron chi connectivity index (χ0n) is 15.9. The van der Waals surface area contributed by atoms with E-state index in [9.17, 15) is 5.11 Å². The molecule has 0 spiro atoms. The van der Waals surface area contributed by atoms with E-state index >= 15 is 0 Å². The van der Waals surface area contributed by atoms with Gasteiger partial charge >= 0.3 is 0 Å². The van der Waals surface area contributed by atoms with Crippen LogP contribution >= 0.6 is 31.9 Å². The molecule has 148 valence electrons. The summed E-state index contributed by atoms with van der Waals surface area (Å²) >= 11 is 6.86. The first-order valence-electron chi connectivity index (χ1n) is 9.38. The lowest BCUT2D eigenvalue weighted by atomic mass is 10.1. The molecule has 0 aliphatic rings. The van der Waals surface area contributed by atoms with Crippen molar-refractivity contribution in [2.75, 3.05) is 0 Å². The van der Waals surface area contributed by atoms with Gasteiger partial charge < -0.3 is 9.84 Å². The first-order chi connectivity index (χ1) is 14.6. The summed E-state index contributed by atoms with van der Waals surface area (Å²) in [5, 5.41) is 13.7. The second-order valence-corrected chi connectivity index (χ2v) is 8.51. The third kappa shape index (κ3) is 4.84. The van der Waals surface area contributed by atoms with Crippen LogP contribution in [0.3, 0.4) is 0 Å². The Morgan fingerprint density at radius 1 is 0.567 bits per heavy atom. The van der Waals surface area contributed by atoms with Crippen molar-refractivity contribution in [2.45, 2.75) is 0 Å². The van der Waals surface area contributed by atoms with Gasteiger partial charge in [0.15, 0.2) is 0 Å². The van der Waals surface area contributed by atoms with Crippen molar-refractivity contribution < 1.29 is 9.84 Å². The molecule has 30 heavy (non-hydrogen) atoms. The Hall–Kier alpha value is -2.82. The highest BCUT2D eigenvalue weighted by atomic mass is 79.9. The molecule has 1 N–H and O–H groups in total. The fourth-order valence-electron chi connectivity index (χ4n) is 3.17. The van der Waals surface area contributed by atoms with Gasteiger partial charge in [-0.15, -0.1) is 0 Å². The largest absolute Gasteiger partial charge is 0.507 e. The van der Waals surface area contributed by atoms with E-state index in [4.69, 9.17) is 4.74 Å². The average Bonchev–Trinajstić information content (AvgIpc) is 2.75. The lowest BCUT2D eigenvalue weighted by molar-refractivity contribution is 0.481. The van der Waals surface area contributed by atoms with E-state index in [1.807, 2.05) is 78.9 Å². The minimum absolute atomic E-state index is 0.333. The summed E-state index contributed by atoms with van der Waals surface area (Å²) in [6.45, 7) is 0. The average molecular weight is 522 g/mol. The number of fused-ring (bicyclic) bond motifs is 2. The topological polar surface area (TPSA) is 29.5 Å². The van der Waals surface area contributed by atoms with E-state index in [1.54, 1.807) is 6.07 Å². The Bertz CT molecular complexity index is 1300. The number of phenols is 1. The second kappa shape index (κ2) is 9.33. The Morgan fingerprint density at radius 2 is 1.17 bits per heavy atom. The highest BCUT2D eigenvalue weighted by Crippen LogP contribution is 2.31. The molecule has 0 atom stereocenters. The number of phenolic OH excluding ortho intramolecular Hbond substituents is 1. The molecule has 0 fully saturated rings. The van der Waals surface area contributed by atoms with Gasteiger partial charge in [0.2, 0.25) is 0 Å². The van der Waals surface area contributed by atoms with Crippen LogP contribution in [0, 0.1) is 0 Å². The van der Waals surface area contributed by atoms with Crippen molar-refractivity contribution >= 4 is 53.4 Å². The fourth-order valence-corrected chi connectivity index (χ4v) is 3.92. The number of benzene rings is 5. The van der Waals surface area contributed by atoms with Crippen LogP contribution in [-0.2, 0) is 0 Å². The van der Waals surface area contributed by atoms with Crippen molar-refractivity contribution in [1.29, 1.82) is 0 Å². The van der Waals surface area contributed by atoms with Crippen LogP contribution in [0.5, 0.6) is 17.2 Å². The maximum atomic E-state index is 9.45. The van der Waals surface area contributed by atoms with Crippen molar-refractivity contribution in [3.8, 4) is 17.2 Å². The van der Waals surface area contributed by atoms with Crippen LogP contribution in [-0.4, -0.2) is 5.11 Å². The molecule has 0 amide bonds. The molecule has 0 bridgehead atoms. The van der Waals surface area contributed by atoms with Crippen molar-refractivity contribution in [3.05, 3.63) is 112 Å². The van der Waals surface area contributed by atoms with Crippen LogP contribution in [0.4, 0.5) is 0 Å². The minimum atomic E-state index is 0.333. The van der Waals surface area contributed by atoms with Crippen molar-refractivity contribution in [1.82, 2.24) is 0 Å². The van der Waals surface area contributed by atoms with E-state index in [0.717, 1.165) is 42.0 Å². The Kier molecular flexibility index (Phi) is 6.36. The van der Waals surface area contributed by atoms with E-state index in [0.29, 0.717) is 5.75 Å². The van der Waals surface area contributed by atoms with Crippen LogP contribution in [0.25, 0.3) is 21.5 Å². The Labute approximate surface area is 192 Å². The molecule has 5 rings (SSSR count). The van der Waals surface area contributed by atoms with Gasteiger partial charge in [0, 0.05) is 19.7 Å². The van der Waals surface area contributed by atoms with Crippen molar-refractivity contribution in [2.24, 2.45) is 0 Å². The van der Waals surface area contributed by atoms with Gasteiger partial charge in [-0.05, 0) is 71.4 Å². The quantitative estimate of drug-likeness (QED) is 0.251. The van der Waals surface area contributed by atoms with Crippen LogP contribution in [0.15, 0.2) is 112 Å². The van der Waals surface area contributed by atoms with Gasteiger partial charge in [-0.3, -0.25) is 0 Å². The summed E-state index contributed by atoms with van der Waals surface area (Å²) in [5.74, 6) is 2.07. The third-order valence-corrected chi connectivity index (χ3v) is 5.58. The Balaban J connectivity index is 0.000000158. The second-order valence-electron chi connectivity index (χ2n) is 6.68. The molecule has 0 radical (unpaired) electrons. The number of rotatable bonds is 2. The number of hydrogen-bond donors (Lipinski definition) is 1. The molecule has 2 nitrogen and oxygen atoms in total. The number of halogens is 2. The molecule has 0 heterocycles. The number of aromatic hydroxyl groups is 1. The summed E-state index contributed by atoms with van der Waals surface area (Å²) in [6, 6.07) is 33.4. The third-order valence-electron chi connectivity index (χ3n) is 4.59. The number of para-hydroxylation sites is 1. The van der Waals surface area contributed by atoms with Gasteiger partial charge in [-0.2, -0.15) is 0 Å². The van der Waals surface area contributed by atoms with Gasteiger partial charge in [-0.25, -0.2) is 0 Å². The van der Waals surface area contributed by atoms with E-state index in [2.05, 4.69) is 50.1 Å². The molecular formula is C26H18Br2O2. The number of hydrogen-bond acceptors (Lipinski definition) is 2. The van der Waals surface area contributed by atoms with Gasteiger partial charge in [-0.1, -0.05) is 74.3 Å². The summed E-state index contributed by atoms with van der Waals surface area (Å²) in [7, 11) is 0. The summed E-state index contributed by atoms with van der Waals surface area (Å²) in [6.07, 6.45) is 0. The maximum Gasteiger partial charge on any atom is 0.135 e. The fraction of sp³-hybridized carbons (Fsp3) is 0. The zero-order valence-corrected chi connectivity index (χ0v) is 19.1. The molecule has 5 aromatic carbocycles. The van der Waals surface area contributed by atoms with E-state index in [-0.39, 0.29) is 0 Å². The lowest BCUT2D eigenvalue weighted by Crippen LogP contribution is -1.85. The molecule has 4 heteroatoms. The highest BCUT2D eigenvalue weighted by Gasteiger charge is 2.03. The van der Waals surface area contributed by atoms with Crippen LogP contribution in [0.2, 0.25) is 0 Å². The highest BCUT2D eigenvalue weighted by molar-refractivity contribution is 9.10. The maximum absolute atomic E-state index is 9.45. The molecule has 0 unspecified atom stereocenters. The molecule has 0 aliphatic carbocycles. The Morgan fingerprint density at radius 3 is 1.87 bits per heavy atom. The minimum Gasteiger partial charge on any atom is -0.507 e. The van der Waals surface area contributed by atoms with Gasteiger partial charge in [0.25, 0.3) is 0 Å². The van der Waals surface area contributed by atoms with Gasteiger partial charge in [0.1, 0.15) is 17.2 Å². The van der Waals surface area contributed by atoms with Gasteiger partial charge in [0.05, 0.1) is 0 Å². The standard InChI is InChI=1S/C16H11BrO.C10H7BrO/c17-13-9-10-15-12(11-13)5-4-8-16(15)18-14-6-2-1-3-7-14;11-8-4-5-9-7(6-8)2-1-3-10(9)12/h1-11H;1-6,12H. The SMILES string of the molecule is Brc1ccc2c(Oc3ccccc3)cccc2c1.Oc1cccc2cc(Br)ccc12. The molecule has 0 aliphatic heterocycles. The first kappa shape index (κ1) is 20.5. The molecular weight excluding hydrogens is 504 g/mol. The predicted octanol–water partition coefficient (Wildman–Crippen LogP) is 8.70. The summed E-state index contributed by atoms with van der Waals surface area (Å²) in [5.41, 5.74) is 0. The van der Waals surface area contributed by atoms with Crippen molar-refractivity contribution in [3.63, 3.8) is 0 Å². The molecule has 0 aromatic heterocycles. The smallest absolute Gasteiger partial charge is 0.135 e. The first-order valence-corrected chi connectivity index (χ1v) is 11.0. The van der Waals surface area contributed by atoms with E-state index < -0.39 is 0 Å². The lowest BCUT2D eigenvalue weighted by Gasteiger charge is -2.09. The summed E-state index contributed by atoms with van der Waals surface area (Å²) in [4.78, 5) is 0. The van der Waals surface area contributed by atoms with Crippen LogP contribution < -0.4 is 4.74 Å². The monoisotopic (exact) mass is 520 g/mol. The van der Waals surface area contributed by atoms with E-state index in [1.165, 1.54) is 0 Å². The number of ether oxygens (including phenoxy) is 1. The van der Waals surface area contributed by atoms with Crippen LogP contribution in [0.1, 0.15) is 0 Å². The zero-order chi connectivity index (χ0) is 20.9. The normalized spacial score (nSPS) is 10.5. The predicted molar refractivity (Wildman–Crippen MR) is 131 cm³/mol.